The van der Waals surface area contributed by atoms with E-state index in [0.717, 1.165) is 6.07 Å². The summed E-state index contributed by atoms with van der Waals surface area (Å²) in [5, 5.41) is 12.9. The molecule has 0 saturated heterocycles. The quantitative estimate of drug-likeness (QED) is 0.502. The number of hydrogen-bond donors (Lipinski definition) is 1. The molecule has 1 aromatic rings. The Balaban J connectivity index is 2.76. The Bertz CT molecular complexity index is 440. The van der Waals surface area contributed by atoms with Crippen LogP contribution in [0.15, 0.2) is 18.2 Å². The molecule has 0 spiro atoms. The van der Waals surface area contributed by atoms with Crippen molar-refractivity contribution in [3.8, 4) is 0 Å². The number of nitrogens with zero attached hydrogens (tertiary/aromatic N) is 1. The lowest BCUT2D eigenvalue weighted by atomic mass is 10.2. The van der Waals surface area contributed by atoms with Gasteiger partial charge >= 0.3 is 0 Å². The Morgan fingerprint density at radius 2 is 2.24 bits per heavy atom. The largest absolute Gasteiger partial charge is 0.352 e. The molecule has 92 valence electrons. The predicted molar refractivity (Wildman–Crippen MR) is 61.0 cm³/mol. The lowest BCUT2D eigenvalue weighted by Crippen LogP contribution is -2.24. The second kappa shape index (κ2) is 6.15. The first-order valence-corrected chi connectivity index (χ1v) is 5.22. The van der Waals surface area contributed by atoms with Gasteiger partial charge in [0.2, 0.25) is 0 Å². The van der Waals surface area contributed by atoms with Crippen LogP contribution in [-0.2, 0) is 0 Å². The highest BCUT2D eigenvalue weighted by atomic mass is 35.5. The molecule has 0 heterocycles. The molecule has 1 amide bonds. The molecule has 17 heavy (non-hydrogen) atoms. The molecule has 0 aromatic heterocycles. The normalized spacial score (nSPS) is 10.0. The Morgan fingerprint density at radius 1 is 1.53 bits per heavy atom. The summed E-state index contributed by atoms with van der Waals surface area (Å²) in [7, 11) is 0. The van der Waals surface area contributed by atoms with E-state index in [2.05, 4.69) is 5.32 Å². The van der Waals surface area contributed by atoms with Crippen molar-refractivity contribution in [2.75, 3.05) is 13.2 Å². The minimum absolute atomic E-state index is 0.104. The van der Waals surface area contributed by atoms with E-state index in [1.165, 1.54) is 12.1 Å². The SMILES string of the molecule is O=C(NCCCF)c1ccc([N+](=O)[O-])c(Cl)c1. The van der Waals surface area contributed by atoms with Crippen molar-refractivity contribution in [1.29, 1.82) is 0 Å². The fourth-order valence-corrected chi connectivity index (χ4v) is 1.42. The number of nitrogens with one attached hydrogen (secondary N) is 1. The summed E-state index contributed by atoms with van der Waals surface area (Å²) in [6, 6.07) is 3.67. The number of halogens is 2. The summed E-state index contributed by atoms with van der Waals surface area (Å²) >= 11 is 5.65. The fourth-order valence-electron chi connectivity index (χ4n) is 1.17. The van der Waals surface area contributed by atoms with Crippen molar-refractivity contribution in [2.45, 2.75) is 6.42 Å². The highest BCUT2D eigenvalue weighted by Gasteiger charge is 2.14. The molecule has 5 nitrogen and oxygen atoms in total. The van der Waals surface area contributed by atoms with Gasteiger partial charge in [-0.2, -0.15) is 0 Å². The number of nitro benzene ring substituents is 1. The van der Waals surface area contributed by atoms with E-state index in [1.54, 1.807) is 0 Å². The van der Waals surface area contributed by atoms with Crippen molar-refractivity contribution in [2.24, 2.45) is 0 Å². The first-order valence-electron chi connectivity index (χ1n) is 4.84. The van der Waals surface area contributed by atoms with Crippen LogP contribution in [0.1, 0.15) is 16.8 Å². The summed E-state index contributed by atoms with van der Waals surface area (Å²) in [6.45, 7) is -0.300. The van der Waals surface area contributed by atoms with Crippen molar-refractivity contribution < 1.29 is 14.1 Å². The van der Waals surface area contributed by atoms with Gasteiger partial charge in [0.05, 0.1) is 11.6 Å². The van der Waals surface area contributed by atoms with Crippen LogP contribution in [0.5, 0.6) is 0 Å². The van der Waals surface area contributed by atoms with Gasteiger partial charge in [0.1, 0.15) is 5.02 Å². The number of alkyl halides is 1. The van der Waals surface area contributed by atoms with E-state index in [0.29, 0.717) is 0 Å². The molecule has 0 aliphatic carbocycles. The molecule has 0 atom stereocenters. The van der Waals surface area contributed by atoms with Crippen LogP contribution in [0, 0.1) is 10.1 Å². The smallest absolute Gasteiger partial charge is 0.287 e. The average molecular weight is 261 g/mol. The molecule has 0 aliphatic rings. The van der Waals surface area contributed by atoms with Gasteiger partial charge in [-0.05, 0) is 18.6 Å². The van der Waals surface area contributed by atoms with E-state index < -0.39 is 17.5 Å². The summed E-state index contributed by atoms with van der Waals surface area (Å²) < 4.78 is 11.8. The van der Waals surface area contributed by atoms with Gasteiger partial charge < -0.3 is 5.32 Å². The summed E-state index contributed by atoms with van der Waals surface area (Å²) in [5.41, 5.74) is -0.0496. The second-order valence-electron chi connectivity index (χ2n) is 3.22. The summed E-state index contributed by atoms with van der Waals surface area (Å²) in [5.74, 6) is -0.435. The molecule has 1 N–H and O–H groups in total. The highest BCUT2D eigenvalue weighted by Crippen LogP contribution is 2.24. The molecule has 0 unspecified atom stereocenters. The second-order valence-corrected chi connectivity index (χ2v) is 3.63. The molecule has 1 aromatic carbocycles. The number of nitro groups is 1. The minimum atomic E-state index is -0.632. The summed E-state index contributed by atoms with van der Waals surface area (Å²) in [6.07, 6.45) is 0.229. The fraction of sp³-hybridized carbons (Fsp3) is 0.300. The highest BCUT2D eigenvalue weighted by molar-refractivity contribution is 6.33. The molecule has 0 bridgehead atoms. The Labute approximate surface area is 102 Å². The standard InChI is InChI=1S/C10H10ClFN2O3/c11-8-6-7(2-3-9(8)14(16)17)10(15)13-5-1-4-12/h2-3,6H,1,4-5H2,(H,13,15). The number of benzene rings is 1. The molecule has 0 fully saturated rings. The monoisotopic (exact) mass is 260 g/mol. The van der Waals surface area contributed by atoms with Crippen LogP contribution >= 0.6 is 11.6 Å². The Kier molecular flexibility index (Phi) is 4.84. The lowest BCUT2D eigenvalue weighted by Gasteiger charge is -2.04. The van der Waals surface area contributed by atoms with Crippen molar-refractivity contribution in [1.82, 2.24) is 5.32 Å². The van der Waals surface area contributed by atoms with Crippen LogP contribution in [0.3, 0.4) is 0 Å². The maximum Gasteiger partial charge on any atom is 0.287 e. The number of rotatable bonds is 5. The molecular weight excluding hydrogens is 251 g/mol. The third kappa shape index (κ3) is 3.67. The van der Waals surface area contributed by atoms with Crippen LogP contribution in [0.2, 0.25) is 5.02 Å². The number of carbonyl (C=O) groups excluding carboxylic acids is 1. The van der Waals surface area contributed by atoms with Gasteiger partial charge in [0, 0.05) is 18.2 Å². The van der Waals surface area contributed by atoms with Crippen LogP contribution in [0.4, 0.5) is 10.1 Å². The van der Waals surface area contributed by atoms with Crippen LogP contribution < -0.4 is 5.32 Å². The molecular formula is C10H10ClFN2O3. The van der Waals surface area contributed by atoms with Gasteiger partial charge in [-0.3, -0.25) is 19.3 Å². The number of carbonyl (C=O) groups is 1. The number of hydrogen-bond acceptors (Lipinski definition) is 3. The van der Waals surface area contributed by atoms with E-state index in [-0.39, 0.29) is 29.2 Å². The van der Waals surface area contributed by atoms with Gasteiger partial charge in [-0.1, -0.05) is 11.6 Å². The maximum atomic E-state index is 11.8. The zero-order chi connectivity index (χ0) is 12.8. The van der Waals surface area contributed by atoms with Gasteiger partial charge in [-0.25, -0.2) is 0 Å². The van der Waals surface area contributed by atoms with Crippen LogP contribution in [0.25, 0.3) is 0 Å². The maximum absolute atomic E-state index is 11.8. The van der Waals surface area contributed by atoms with Gasteiger partial charge in [-0.15, -0.1) is 0 Å². The topological polar surface area (TPSA) is 72.2 Å². The first-order chi connectivity index (χ1) is 8.06. The zero-order valence-electron chi connectivity index (χ0n) is 8.78. The average Bonchev–Trinajstić information content (AvgIpc) is 2.28. The molecule has 0 radical (unpaired) electrons. The zero-order valence-corrected chi connectivity index (χ0v) is 9.54. The Hall–Kier alpha value is -1.69. The van der Waals surface area contributed by atoms with E-state index in [4.69, 9.17) is 11.6 Å². The van der Waals surface area contributed by atoms with Gasteiger partial charge in [0.15, 0.2) is 0 Å². The minimum Gasteiger partial charge on any atom is -0.352 e. The third-order valence-electron chi connectivity index (χ3n) is 2.00. The number of amides is 1. The van der Waals surface area contributed by atoms with Crippen molar-refractivity contribution in [3.63, 3.8) is 0 Å². The molecule has 0 aliphatic heterocycles. The van der Waals surface area contributed by atoms with Crippen molar-refractivity contribution in [3.05, 3.63) is 38.9 Å². The molecule has 0 saturated carbocycles. The van der Waals surface area contributed by atoms with Crippen LogP contribution in [-0.4, -0.2) is 24.0 Å². The Morgan fingerprint density at radius 3 is 2.76 bits per heavy atom. The van der Waals surface area contributed by atoms with E-state index >= 15 is 0 Å². The van der Waals surface area contributed by atoms with Gasteiger partial charge in [0.25, 0.3) is 11.6 Å². The third-order valence-corrected chi connectivity index (χ3v) is 2.31. The molecule has 1 rings (SSSR count). The van der Waals surface area contributed by atoms with E-state index in [1.807, 2.05) is 0 Å². The molecule has 7 heteroatoms. The van der Waals surface area contributed by atoms with E-state index in [9.17, 15) is 19.3 Å². The summed E-state index contributed by atoms with van der Waals surface area (Å²) in [4.78, 5) is 21.4. The van der Waals surface area contributed by atoms with Crippen molar-refractivity contribution >= 4 is 23.2 Å². The first kappa shape index (κ1) is 13.4. The predicted octanol–water partition coefficient (Wildman–Crippen LogP) is 2.34. The lowest BCUT2D eigenvalue weighted by molar-refractivity contribution is -0.384.